The standard InChI is InChI=1S/C75H124O16P2/c1-4-7-10-13-16-19-22-25-28-30-32-34-36-38-41-43-46-49-52-55-58-61-73(78)85-64-70(76)65-87-92(81,82)88-66-71(77)67-89-93(83,84)90-69-72(91-75(80)63-60-57-54-51-48-45-40-27-24-21-18-15-12-9-6-3)68-86-74(79)62-59-56-53-50-47-44-42-39-37-35-33-31-29-26-23-20-17-14-11-8-5-2/h7,10,16-21,25-29,32-35,38-42,46,49,70-72,76-77H,4-6,8-9,11-15,22-24,30-31,36-37,43-45,47-48,50-69H2,1-3H3,(H,81,82)(H,83,84)/b10-7-,19-16-,20-17-,21-18-,28-25-,29-26-,34-32-,35-33-,40-27-,41-38-,42-39-,49-46-. The van der Waals surface area contributed by atoms with Crippen molar-refractivity contribution in [2.45, 2.75) is 270 Å². The number of esters is 3. The predicted octanol–water partition coefficient (Wildman–Crippen LogP) is 19.8. The van der Waals surface area contributed by atoms with Crippen LogP contribution in [-0.4, -0.2) is 95.9 Å². The third-order valence-corrected chi connectivity index (χ3v) is 15.9. The minimum atomic E-state index is -4.94. The molecule has 0 aliphatic carbocycles. The molecule has 0 fully saturated rings. The van der Waals surface area contributed by atoms with Crippen LogP contribution in [0, 0.1) is 0 Å². The molecule has 93 heavy (non-hydrogen) atoms. The van der Waals surface area contributed by atoms with Crippen molar-refractivity contribution in [2.24, 2.45) is 0 Å². The van der Waals surface area contributed by atoms with Gasteiger partial charge in [0.2, 0.25) is 0 Å². The molecule has 0 rings (SSSR count). The van der Waals surface area contributed by atoms with Crippen LogP contribution in [0.3, 0.4) is 0 Å². The third-order valence-electron chi connectivity index (χ3n) is 14.0. The highest BCUT2D eigenvalue weighted by atomic mass is 31.2. The van der Waals surface area contributed by atoms with Crippen LogP contribution in [0.5, 0.6) is 0 Å². The monoisotopic (exact) mass is 1340 g/mol. The largest absolute Gasteiger partial charge is 0.472 e. The van der Waals surface area contributed by atoms with E-state index in [0.29, 0.717) is 19.3 Å². The fraction of sp³-hybridized carbons (Fsp3) is 0.640. The Morgan fingerprint density at radius 1 is 0.312 bits per heavy atom. The third kappa shape index (κ3) is 68.6. The Morgan fingerprint density at radius 3 is 0.925 bits per heavy atom. The van der Waals surface area contributed by atoms with Crippen LogP contribution in [0.25, 0.3) is 0 Å². The molecule has 0 saturated carbocycles. The maximum absolute atomic E-state index is 12.9. The van der Waals surface area contributed by atoms with Crippen LogP contribution < -0.4 is 0 Å². The van der Waals surface area contributed by atoms with E-state index in [0.717, 1.165) is 148 Å². The first-order valence-corrected chi connectivity index (χ1v) is 38.1. The molecule has 5 atom stereocenters. The molecule has 0 spiro atoms. The van der Waals surface area contributed by atoms with Gasteiger partial charge in [-0.2, -0.15) is 0 Å². The first-order valence-electron chi connectivity index (χ1n) is 35.1. The van der Waals surface area contributed by atoms with Gasteiger partial charge in [0.1, 0.15) is 25.4 Å². The van der Waals surface area contributed by atoms with Gasteiger partial charge >= 0.3 is 33.6 Å². The number of carbonyl (C=O) groups excluding carboxylic acids is 3. The van der Waals surface area contributed by atoms with Crippen molar-refractivity contribution in [3.05, 3.63) is 146 Å². The van der Waals surface area contributed by atoms with Gasteiger partial charge in [-0.1, -0.05) is 231 Å². The Labute approximate surface area is 562 Å². The molecule has 5 unspecified atom stereocenters. The van der Waals surface area contributed by atoms with E-state index in [9.17, 15) is 43.5 Å². The summed E-state index contributed by atoms with van der Waals surface area (Å²) < 4.78 is 60.9. The lowest BCUT2D eigenvalue weighted by Gasteiger charge is -2.21. The number of hydrogen-bond acceptors (Lipinski definition) is 14. The van der Waals surface area contributed by atoms with Gasteiger partial charge in [-0.3, -0.25) is 32.5 Å². The molecule has 0 aliphatic rings. The van der Waals surface area contributed by atoms with Crippen LogP contribution in [-0.2, 0) is 55.8 Å². The second kappa shape index (κ2) is 67.4. The van der Waals surface area contributed by atoms with Crippen molar-refractivity contribution in [3.8, 4) is 0 Å². The van der Waals surface area contributed by atoms with Crippen LogP contribution in [0.15, 0.2) is 146 Å². The van der Waals surface area contributed by atoms with Crippen molar-refractivity contribution in [1.82, 2.24) is 0 Å². The Hall–Kier alpha value is -4.57. The number of unbranched alkanes of at least 4 members (excludes halogenated alkanes) is 18. The molecule has 0 radical (unpaired) electrons. The normalized spacial score (nSPS) is 15.0. The maximum Gasteiger partial charge on any atom is 0.472 e. The zero-order valence-corrected chi connectivity index (χ0v) is 59.2. The summed E-state index contributed by atoms with van der Waals surface area (Å²) in [6, 6.07) is 0. The number of carbonyl (C=O) groups is 3. The lowest BCUT2D eigenvalue weighted by atomic mass is 10.1. The van der Waals surface area contributed by atoms with Gasteiger partial charge < -0.3 is 34.2 Å². The molecule has 0 aromatic carbocycles. The summed E-state index contributed by atoms with van der Waals surface area (Å²) in [5.74, 6) is -1.66. The Balaban J connectivity index is 4.76. The zero-order valence-electron chi connectivity index (χ0n) is 57.4. The molecule has 0 bridgehead atoms. The van der Waals surface area contributed by atoms with Crippen LogP contribution >= 0.6 is 15.6 Å². The number of ether oxygens (including phenoxy) is 3. The lowest BCUT2D eigenvalue weighted by molar-refractivity contribution is -0.161. The Morgan fingerprint density at radius 2 is 0.570 bits per heavy atom. The van der Waals surface area contributed by atoms with Crippen molar-refractivity contribution in [2.75, 3.05) is 39.6 Å². The van der Waals surface area contributed by atoms with E-state index in [4.69, 9.17) is 32.3 Å². The van der Waals surface area contributed by atoms with Crippen molar-refractivity contribution in [1.29, 1.82) is 0 Å². The first kappa shape index (κ1) is 88.4. The highest BCUT2D eigenvalue weighted by Crippen LogP contribution is 2.45. The Kier molecular flexibility index (Phi) is 64.1. The van der Waals surface area contributed by atoms with Crippen molar-refractivity contribution in [3.63, 3.8) is 0 Å². The summed E-state index contributed by atoms with van der Waals surface area (Å²) in [7, 11) is -9.81. The Bertz CT molecular complexity index is 2280. The van der Waals surface area contributed by atoms with Crippen LogP contribution in [0.1, 0.15) is 252 Å². The van der Waals surface area contributed by atoms with E-state index < -0.39 is 91.5 Å². The average Bonchev–Trinajstić information content (AvgIpc) is 3.71. The predicted molar refractivity (Wildman–Crippen MR) is 380 cm³/mol. The molecule has 0 aliphatic heterocycles. The summed E-state index contributed by atoms with van der Waals surface area (Å²) in [5, 5.41) is 20.6. The molecule has 18 heteroatoms. The summed E-state index contributed by atoms with van der Waals surface area (Å²) in [6.45, 7) is 2.39. The van der Waals surface area contributed by atoms with E-state index in [2.05, 4.69) is 167 Å². The van der Waals surface area contributed by atoms with Gasteiger partial charge in [0.25, 0.3) is 0 Å². The minimum absolute atomic E-state index is 0.0784. The van der Waals surface area contributed by atoms with Gasteiger partial charge in [-0.15, -0.1) is 0 Å². The van der Waals surface area contributed by atoms with Gasteiger partial charge in [0, 0.05) is 19.3 Å². The van der Waals surface area contributed by atoms with E-state index >= 15 is 0 Å². The van der Waals surface area contributed by atoms with Crippen molar-refractivity contribution < 1.29 is 75.8 Å². The molecule has 0 aromatic rings. The van der Waals surface area contributed by atoms with Gasteiger partial charge in [-0.25, -0.2) is 9.13 Å². The van der Waals surface area contributed by atoms with Gasteiger partial charge in [0.05, 0.1) is 26.4 Å². The topological polar surface area (TPSA) is 231 Å². The van der Waals surface area contributed by atoms with E-state index in [-0.39, 0.29) is 19.3 Å². The highest BCUT2D eigenvalue weighted by Gasteiger charge is 2.29. The number of rotatable bonds is 65. The molecule has 16 nitrogen and oxygen atoms in total. The number of allylic oxidation sites excluding steroid dienone is 24. The molecular formula is C75H124O16P2. The quantitative estimate of drug-likeness (QED) is 0.0146. The molecule has 0 amide bonds. The van der Waals surface area contributed by atoms with Crippen molar-refractivity contribution >= 4 is 33.6 Å². The fourth-order valence-electron chi connectivity index (χ4n) is 8.64. The molecule has 4 N–H and O–H groups in total. The lowest BCUT2D eigenvalue weighted by Crippen LogP contribution is -2.30. The van der Waals surface area contributed by atoms with Crippen LogP contribution in [0.2, 0.25) is 0 Å². The second-order valence-corrected chi connectivity index (χ2v) is 25.8. The minimum Gasteiger partial charge on any atom is -0.463 e. The highest BCUT2D eigenvalue weighted by molar-refractivity contribution is 7.47. The molecular weight excluding hydrogens is 1220 g/mol. The number of aliphatic hydroxyl groups is 2. The van der Waals surface area contributed by atoms with E-state index in [1.807, 2.05) is 0 Å². The SMILES string of the molecule is CC/C=C\C/C=C\C/C=C\C/C=C\C/C=C\C/C=C\CCCCC(=O)OCC(O)COP(=O)(O)OCC(O)COP(=O)(O)OCC(COC(=O)CCCCCCC/C=C\C/C=C\C/C=C\C/C=C\CCCCC)OC(=O)CCCCCCC/C=C\C/C=C\CCCCC. The maximum atomic E-state index is 12.9. The summed E-state index contributed by atoms with van der Waals surface area (Å²) in [6.07, 6.45) is 80.3. The summed E-state index contributed by atoms with van der Waals surface area (Å²) in [5.41, 5.74) is 0. The molecule has 0 heterocycles. The van der Waals surface area contributed by atoms with Crippen LogP contribution in [0.4, 0.5) is 0 Å². The number of aliphatic hydroxyl groups excluding tert-OH is 2. The zero-order chi connectivity index (χ0) is 68.1. The van der Waals surface area contributed by atoms with E-state index in [1.54, 1.807) is 0 Å². The second-order valence-electron chi connectivity index (χ2n) is 22.9. The summed E-state index contributed by atoms with van der Waals surface area (Å²) in [4.78, 5) is 58.4. The number of phosphoric acid groups is 2. The van der Waals surface area contributed by atoms with Gasteiger partial charge in [-0.05, 0) is 148 Å². The smallest absolute Gasteiger partial charge is 0.463 e. The average molecular weight is 1340 g/mol. The fourth-order valence-corrected chi connectivity index (χ4v) is 10.2. The molecule has 0 saturated heterocycles. The number of hydrogen-bond donors (Lipinski definition) is 4. The molecule has 530 valence electrons. The summed E-state index contributed by atoms with van der Waals surface area (Å²) >= 11 is 0. The number of phosphoric ester groups is 2. The van der Waals surface area contributed by atoms with E-state index in [1.165, 1.54) is 44.9 Å². The van der Waals surface area contributed by atoms with Gasteiger partial charge in [0.15, 0.2) is 6.10 Å². The first-order chi connectivity index (χ1) is 45.2. The molecule has 0 aromatic heterocycles.